The van der Waals surface area contributed by atoms with Crippen LogP contribution < -0.4 is 4.74 Å². The van der Waals surface area contributed by atoms with Gasteiger partial charge in [-0.3, -0.25) is 0 Å². The fraction of sp³-hybridized carbons (Fsp3) is 0.308. The van der Waals surface area contributed by atoms with Crippen molar-refractivity contribution in [2.45, 2.75) is 19.8 Å². The Kier molecular flexibility index (Phi) is 2.95. The van der Waals surface area contributed by atoms with Crippen molar-refractivity contribution in [3.05, 3.63) is 29.5 Å². The minimum atomic E-state index is 0.554. The second-order valence-electron chi connectivity index (χ2n) is 3.90. The van der Waals surface area contributed by atoms with Crippen LogP contribution in [0.5, 0.6) is 5.75 Å². The van der Waals surface area contributed by atoms with E-state index in [2.05, 4.69) is 18.0 Å². The first kappa shape index (κ1) is 10.7. The predicted molar refractivity (Wildman–Crippen MR) is 64.0 cm³/mol. The highest BCUT2D eigenvalue weighted by atomic mass is 16.5. The Morgan fingerprint density at radius 1 is 1.44 bits per heavy atom. The maximum atomic E-state index is 10.4. The fourth-order valence-electron chi connectivity index (χ4n) is 1.92. The van der Waals surface area contributed by atoms with Gasteiger partial charge in [0.2, 0.25) is 0 Å². The summed E-state index contributed by atoms with van der Waals surface area (Å²) in [7, 11) is 1.66. The van der Waals surface area contributed by atoms with Crippen LogP contribution in [0.3, 0.4) is 0 Å². The van der Waals surface area contributed by atoms with Crippen LogP contribution in [0.2, 0.25) is 0 Å². The van der Waals surface area contributed by atoms with Crippen LogP contribution in [0.4, 0.5) is 0 Å². The lowest BCUT2D eigenvalue weighted by atomic mass is 10.1. The Bertz CT molecular complexity index is 514. The molecule has 0 aliphatic heterocycles. The molecule has 1 aromatic carbocycles. The molecule has 1 heterocycles. The van der Waals surface area contributed by atoms with E-state index in [1.165, 1.54) is 10.9 Å². The van der Waals surface area contributed by atoms with Crippen LogP contribution in [-0.4, -0.2) is 18.4 Å². The van der Waals surface area contributed by atoms with E-state index in [-0.39, 0.29) is 0 Å². The third-order valence-electron chi connectivity index (χ3n) is 2.79. The number of carbonyl (C=O) groups excluding carboxylic acids is 1. The summed E-state index contributed by atoms with van der Waals surface area (Å²) in [6, 6.07) is 4.11. The molecule has 2 aromatic rings. The lowest BCUT2D eigenvalue weighted by molar-refractivity contribution is -0.107. The first-order chi connectivity index (χ1) is 7.76. The number of benzene rings is 1. The molecule has 0 unspecified atom stereocenters. The Morgan fingerprint density at radius 3 is 2.94 bits per heavy atom. The van der Waals surface area contributed by atoms with Gasteiger partial charge in [0.1, 0.15) is 12.0 Å². The number of ether oxygens (including phenoxy) is 1. The van der Waals surface area contributed by atoms with Gasteiger partial charge in [-0.1, -0.05) is 0 Å². The first-order valence-corrected chi connectivity index (χ1v) is 5.34. The molecule has 0 atom stereocenters. The highest BCUT2D eigenvalue weighted by Crippen LogP contribution is 2.29. The fourth-order valence-corrected chi connectivity index (χ4v) is 1.92. The van der Waals surface area contributed by atoms with E-state index in [9.17, 15) is 4.79 Å². The molecule has 0 saturated heterocycles. The van der Waals surface area contributed by atoms with Crippen LogP contribution in [0, 0.1) is 6.92 Å². The van der Waals surface area contributed by atoms with E-state index in [4.69, 9.17) is 4.74 Å². The van der Waals surface area contributed by atoms with Gasteiger partial charge >= 0.3 is 0 Å². The molecule has 0 amide bonds. The number of hydrogen-bond donors (Lipinski definition) is 1. The lowest BCUT2D eigenvalue weighted by Gasteiger charge is -2.06. The summed E-state index contributed by atoms with van der Waals surface area (Å²) in [5.41, 5.74) is 3.36. The molecular formula is C13H15NO2. The van der Waals surface area contributed by atoms with Crippen molar-refractivity contribution in [2.75, 3.05) is 7.11 Å². The zero-order valence-electron chi connectivity index (χ0n) is 9.54. The number of fused-ring (bicyclic) bond motifs is 1. The van der Waals surface area contributed by atoms with E-state index in [1.54, 1.807) is 7.11 Å². The summed E-state index contributed by atoms with van der Waals surface area (Å²) in [5.74, 6) is 0.839. The molecule has 0 saturated carbocycles. The van der Waals surface area contributed by atoms with Gasteiger partial charge in [-0.15, -0.1) is 0 Å². The van der Waals surface area contributed by atoms with Crippen LogP contribution in [0.25, 0.3) is 10.9 Å². The van der Waals surface area contributed by atoms with Gasteiger partial charge < -0.3 is 14.5 Å². The molecule has 1 aromatic heterocycles. The lowest BCUT2D eigenvalue weighted by Crippen LogP contribution is -1.90. The number of rotatable bonds is 4. The molecule has 16 heavy (non-hydrogen) atoms. The van der Waals surface area contributed by atoms with E-state index >= 15 is 0 Å². The topological polar surface area (TPSA) is 42.1 Å². The summed E-state index contributed by atoms with van der Waals surface area (Å²) in [6.45, 7) is 2.06. The van der Waals surface area contributed by atoms with Crippen LogP contribution in [-0.2, 0) is 11.2 Å². The number of aldehydes is 1. The zero-order chi connectivity index (χ0) is 11.5. The molecule has 0 aliphatic carbocycles. The largest absolute Gasteiger partial charge is 0.495 e. The van der Waals surface area contributed by atoms with Crippen molar-refractivity contribution >= 4 is 17.2 Å². The molecule has 84 valence electrons. The van der Waals surface area contributed by atoms with Crippen LogP contribution in [0.15, 0.2) is 18.3 Å². The average Bonchev–Trinajstić information content (AvgIpc) is 2.68. The quantitative estimate of drug-likeness (QED) is 0.800. The summed E-state index contributed by atoms with van der Waals surface area (Å²) < 4.78 is 5.34. The molecule has 0 bridgehead atoms. The normalized spacial score (nSPS) is 10.6. The highest BCUT2D eigenvalue weighted by molar-refractivity contribution is 5.89. The molecule has 2 rings (SSSR count). The number of nitrogens with one attached hydrogen (secondary N) is 1. The van der Waals surface area contributed by atoms with Crippen LogP contribution >= 0.6 is 0 Å². The van der Waals surface area contributed by atoms with Crippen molar-refractivity contribution in [1.82, 2.24) is 4.98 Å². The number of aromatic amines is 1. The summed E-state index contributed by atoms with van der Waals surface area (Å²) in [5, 5.41) is 1.17. The number of carbonyl (C=O) groups is 1. The minimum absolute atomic E-state index is 0.554. The van der Waals surface area contributed by atoms with Crippen molar-refractivity contribution in [3.63, 3.8) is 0 Å². The summed E-state index contributed by atoms with van der Waals surface area (Å²) in [6.07, 6.45) is 4.23. The standard InChI is InChI=1S/C13H15NO2/c1-9-8-14-13-11(9)6-10(4-3-5-15)7-12(13)16-2/h5-8,14H,3-4H2,1-2H3. The third-order valence-corrected chi connectivity index (χ3v) is 2.79. The van der Waals surface area contributed by atoms with Gasteiger partial charge in [-0.25, -0.2) is 0 Å². The molecule has 0 spiro atoms. The second-order valence-corrected chi connectivity index (χ2v) is 3.90. The van der Waals surface area contributed by atoms with Gasteiger partial charge in [-0.05, 0) is 36.6 Å². The van der Waals surface area contributed by atoms with Gasteiger partial charge in [0.25, 0.3) is 0 Å². The smallest absolute Gasteiger partial charge is 0.143 e. The molecule has 3 nitrogen and oxygen atoms in total. The van der Waals surface area contributed by atoms with Crippen molar-refractivity contribution in [2.24, 2.45) is 0 Å². The number of aromatic nitrogens is 1. The maximum Gasteiger partial charge on any atom is 0.143 e. The Morgan fingerprint density at radius 2 is 2.25 bits per heavy atom. The minimum Gasteiger partial charge on any atom is -0.495 e. The van der Waals surface area contributed by atoms with Crippen molar-refractivity contribution < 1.29 is 9.53 Å². The Labute approximate surface area is 94.4 Å². The van der Waals surface area contributed by atoms with E-state index < -0.39 is 0 Å². The second kappa shape index (κ2) is 4.39. The molecular weight excluding hydrogens is 202 g/mol. The Hall–Kier alpha value is -1.77. The number of methoxy groups -OCH3 is 1. The van der Waals surface area contributed by atoms with Gasteiger partial charge in [0.05, 0.1) is 12.6 Å². The molecule has 0 aliphatic rings. The Balaban J connectivity index is 2.52. The molecule has 0 radical (unpaired) electrons. The monoisotopic (exact) mass is 217 g/mol. The van der Waals surface area contributed by atoms with E-state index in [0.29, 0.717) is 6.42 Å². The zero-order valence-corrected chi connectivity index (χ0v) is 9.54. The number of H-pyrrole nitrogens is 1. The molecule has 0 fully saturated rings. The van der Waals surface area contributed by atoms with E-state index in [1.807, 2.05) is 12.3 Å². The maximum absolute atomic E-state index is 10.4. The summed E-state index contributed by atoms with van der Waals surface area (Å²) in [4.78, 5) is 13.6. The molecule has 1 N–H and O–H groups in total. The predicted octanol–water partition coefficient (Wildman–Crippen LogP) is 2.62. The SMILES string of the molecule is COc1cc(CCC=O)cc2c(C)c[nH]c12. The van der Waals surface area contributed by atoms with Crippen LogP contribution in [0.1, 0.15) is 17.5 Å². The first-order valence-electron chi connectivity index (χ1n) is 5.34. The van der Waals surface area contributed by atoms with Gasteiger partial charge in [0.15, 0.2) is 0 Å². The highest BCUT2D eigenvalue weighted by Gasteiger charge is 2.07. The van der Waals surface area contributed by atoms with E-state index in [0.717, 1.165) is 29.5 Å². The summed E-state index contributed by atoms with van der Waals surface area (Å²) >= 11 is 0. The van der Waals surface area contributed by atoms with Crippen molar-refractivity contribution in [1.29, 1.82) is 0 Å². The average molecular weight is 217 g/mol. The number of hydrogen-bond acceptors (Lipinski definition) is 2. The van der Waals surface area contributed by atoms with Crippen molar-refractivity contribution in [3.8, 4) is 5.75 Å². The molecule has 3 heteroatoms. The van der Waals surface area contributed by atoms with Gasteiger partial charge in [0, 0.05) is 18.0 Å². The van der Waals surface area contributed by atoms with Gasteiger partial charge in [-0.2, -0.15) is 0 Å². The number of aryl methyl sites for hydroxylation is 2. The third kappa shape index (κ3) is 1.81.